The van der Waals surface area contributed by atoms with E-state index in [0.717, 1.165) is 30.8 Å². The highest BCUT2D eigenvalue weighted by atomic mass is 16.1. The molecule has 0 atom stereocenters. The van der Waals surface area contributed by atoms with Gasteiger partial charge in [-0.2, -0.15) is 9.50 Å². The zero-order chi connectivity index (χ0) is 19.6. The number of hydrogen-bond acceptors (Lipinski definition) is 5. The standard InChI is InChI=1S/C22H22N6O/c29-20-12-19(15-27-11-10-17-8-4-5-9-18(17)14-27)24-22-25-21(26-28(20)22)23-13-16-6-2-1-3-7-16/h1-9,12H,10-11,13-15H2,(H2,23,24,25,26). The monoisotopic (exact) mass is 386 g/mol. The van der Waals surface area contributed by atoms with Gasteiger partial charge in [0.05, 0.1) is 5.69 Å². The number of fused-ring (bicyclic) bond motifs is 2. The second-order valence-corrected chi connectivity index (χ2v) is 7.36. The Labute approximate surface area is 168 Å². The molecular weight excluding hydrogens is 364 g/mol. The van der Waals surface area contributed by atoms with E-state index < -0.39 is 0 Å². The van der Waals surface area contributed by atoms with Crippen molar-refractivity contribution in [3.05, 3.63) is 93.4 Å². The molecule has 0 fully saturated rings. The SMILES string of the molecule is O=c1cc(CN2CCc3ccccc3C2)nc2nc(NCc3ccccc3)[nH]n12. The molecule has 3 heterocycles. The second kappa shape index (κ2) is 7.52. The Bertz CT molecular complexity index is 1200. The lowest BCUT2D eigenvalue weighted by Gasteiger charge is -2.28. The van der Waals surface area contributed by atoms with Gasteiger partial charge in [0.15, 0.2) is 0 Å². The van der Waals surface area contributed by atoms with E-state index in [4.69, 9.17) is 0 Å². The number of aromatic nitrogens is 4. The fourth-order valence-corrected chi connectivity index (χ4v) is 3.79. The fourth-order valence-electron chi connectivity index (χ4n) is 3.79. The van der Waals surface area contributed by atoms with E-state index in [1.165, 1.54) is 15.6 Å². The summed E-state index contributed by atoms with van der Waals surface area (Å²) in [6.07, 6.45) is 1.02. The van der Waals surface area contributed by atoms with Crippen molar-refractivity contribution >= 4 is 11.7 Å². The highest BCUT2D eigenvalue weighted by molar-refractivity contribution is 5.38. The summed E-state index contributed by atoms with van der Waals surface area (Å²) >= 11 is 0. The lowest BCUT2D eigenvalue weighted by molar-refractivity contribution is 0.242. The highest BCUT2D eigenvalue weighted by Crippen LogP contribution is 2.19. The Morgan fingerprint density at radius 2 is 1.79 bits per heavy atom. The number of rotatable bonds is 5. The number of hydrogen-bond donors (Lipinski definition) is 2. The van der Waals surface area contributed by atoms with E-state index in [0.29, 0.717) is 24.8 Å². The summed E-state index contributed by atoms with van der Waals surface area (Å²) in [5.41, 5.74) is 4.50. The van der Waals surface area contributed by atoms with Crippen molar-refractivity contribution in [3.8, 4) is 0 Å². The van der Waals surface area contributed by atoms with Crippen LogP contribution in [0.4, 0.5) is 5.95 Å². The van der Waals surface area contributed by atoms with Crippen LogP contribution in [0.2, 0.25) is 0 Å². The van der Waals surface area contributed by atoms with Gasteiger partial charge in [-0.25, -0.2) is 4.98 Å². The molecule has 0 bridgehead atoms. The predicted molar refractivity (Wildman–Crippen MR) is 112 cm³/mol. The molecule has 2 aromatic carbocycles. The van der Waals surface area contributed by atoms with Crippen LogP contribution in [0.1, 0.15) is 22.4 Å². The van der Waals surface area contributed by atoms with Crippen LogP contribution >= 0.6 is 0 Å². The third kappa shape index (κ3) is 3.77. The Balaban J connectivity index is 1.33. The molecule has 0 aliphatic carbocycles. The van der Waals surface area contributed by atoms with Crippen LogP contribution in [0.3, 0.4) is 0 Å². The smallest absolute Gasteiger partial charge is 0.274 e. The van der Waals surface area contributed by atoms with Gasteiger partial charge in [-0.1, -0.05) is 54.6 Å². The molecule has 2 N–H and O–H groups in total. The fraction of sp³-hybridized carbons (Fsp3) is 0.227. The summed E-state index contributed by atoms with van der Waals surface area (Å²) in [7, 11) is 0. The molecule has 0 spiro atoms. The molecule has 0 unspecified atom stereocenters. The number of aromatic amines is 1. The summed E-state index contributed by atoms with van der Waals surface area (Å²) in [4.78, 5) is 23.9. The Kier molecular flexibility index (Phi) is 4.57. The summed E-state index contributed by atoms with van der Waals surface area (Å²) < 4.78 is 1.38. The lowest BCUT2D eigenvalue weighted by Crippen LogP contribution is -2.31. The first-order chi connectivity index (χ1) is 14.2. The minimum absolute atomic E-state index is 0.150. The quantitative estimate of drug-likeness (QED) is 0.551. The molecule has 7 nitrogen and oxygen atoms in total. The minimum Gasteiger partial charge on any atom is -0.351 e. The molecule has 146 valence electrons. The van der Waals surface area contributed by atoms with E-state index >= 15 is 0 Å². The van der Waals surface area contributed by atoms with Crippen LogP contribution < -0.4 is 10.9 Å². The van der Waals surface area contributed by atoms with Crippen molar-refractivity contribution in [2.45, 2.75) is 26.1 Å². The van der Waals surface area contributed by atoms with Crippen molar-refractivity contribution in [2.24, 2.45) is 0 Å². The highest BCUT2D eigenvalue weighted by Gasteiger charge is 2.17. The normalized spacial score (nSPS) is 14.1. The topological polar surface area (TPSA) is 78.3 Å². The maximum absolute atomic E-state index is 12.5. The van der Waals surface area contributed by atoms with Crippen molar-refractivity contribution in [2.75, 3.05) is 11.9 Å². The summed E-state index contributed by atoms with van der Waals surface area (Å²) in [6, 6.07) is 20.2. The first-order valence-electron chi connectivity index (χ1n) is 9.80. The molecule has 0 amide bonds. The van der Waals surface area contributed by atoms with E-state index in [-0.39, 0.29) is 5.56 Å². The molecule has 7 heteroatoms. The second-order valence-electron chi connectivity index (χ2n) is 7.36. The van der Waals surface area contributed by atoms with Gasteiger partial charge in [-0.15, -0.1) is 0 Å². The molecule has 0 saturated heterocycles. The summed E-state index contributed by atoms with van der Waals surface area (Å²) in [6.45, 7) is 3.10. The average molecular weight is 386 g/mol. The van der Waals surface area contributed by atoms with Crippen LogP contribution in [0, 0.1) is 0 Å². The number of nitrogens with one attached hydrogen (secondary N) is 2. The lowest BCUT2D eigenvalue weighted by atomic mass is 10.00. The Morgan fingerprint density at radius 1 is 1.00 bits per heavy atom. The zero-order valence-corrected chi connectivity index (χ0v) is 16.0. The number of benzene rings is 2. The van der Waals surface area contributed by atoms with Crippen molar-refractivity contribution in [1.82, 2.24) is 24.5 Å². The van der Waals surface area contributed by atoms with E-state index in [9.17, 15) is 4.79 Å². The third-order valence-electron chi connectivity index (χ3n) is 5.28. The van der Waals surface area contributed by atoms with Gasteiger partial charge in [-0.05, 0) is 23.1 Å². The maximum atomic E-state index is 12.5. The number of H-pyrrole nitrogens is 1. The Morgan fingerprint density at radius 3 is 2.66 bits per heavy atom. The van der Waals surface area contributed by atoms with Crippen molar-refractivity contribution in [1.29, 1.82) is 0 Å². The number of nitrogens with zero attached hydrogens (tertiary/aromatic N) is 4. The molecule has 1 aliphatic rings. The van der Waals surface area contributed by atoms with Gasteiger partial charge in [0.1, 0.15) is 0 Å². The average Bonchev–Trinajstić information content (AvgIpc) is 3.17. The molecule has 2 aromatic heterocycles. The predicted octanol–water partition coefficient (Wildman–Crippen LogP) is 2.59. The molecule has 5 rings (SSSR count). The molecule has 0 radical (unpaired) electrons. The van der Waals surface area contributed by atoms with E-state index in [1.54, 1.807) is 6.07 Å². The number of anilines is 1. The van der Waals surface area contributed by atoms with Gasteiger partial charge in [0.2, 0.25) is 5.95 Å². The minimum atomic E-state index is -0.150. The third-order valence-corrected chi connectivity index (χ3v) is 5.28. The van der Waals surface area contributed by atoms with E-state index in [1.807, 2.05) is 30.3 Å². The van der Waals surface area contributed by atoms with Gasteiger partial charge in [0, 0.05) is 32.2 Å². The van der Waals surface area contributed by atoms with Crippen LogP contribution in [0.25, 0.3) is 5.78 Å². The largest absolute Gasteiger partial charge is 0.351 e. The maximum Gasteiger partial charge on any atom is 0.274 e. The van der Waals surface area contributed by atoms with Gasteiger partial charge in [-0.3, -0.25) is 14.8 Å². The van der Waals surface area contributed by atoms with Gasteiger partial charge < -0.3 is 5.32 Å². The van der Waals surface area contributed by atoms with E-state index in [2.05, 4.69) is 49.5 Å². The van der Waals surface area contributed by atoms with Crippen LogP contribution in [0.5, 0.6) is 0 Å². The van der Waals surface area contributed by atoms with Crippen molar-refractivity contribution in [3.63, 3.8) is 0 Å². The summed E-state index contributed by atoms with van der Waals surface area (Å²) in [5.74, 6) is 0.919. The van der Waals surface area contributed by atoms with Crippen molar-refractivity contribution < 1.29 is 0 Å². The summed E-state index contributed by atoms with van der Waals surface area (Å²) in [5, 5.41) is 6.20. The van der Waals surface area contributed by atoms with Gasteiger partial charge in [0.25, 0.3) is 11.3 Å². The molecule has 0 saturated carbocycles. The molecular formula is C22H22N6O. The first-order valence-corrected chi connectivity index (χ1v) is 9.80. The molecule has 4 aromatic rings. The van der Waals surface area contributed by atoms with Crippen LogP contribution in [-0.2, 0) is 26.1 Å². The van der Waals surface area contributed by atoms with Crippen LogP contribution in [-0.4, -0.2) is 31.0 Å². The Hall–Kier alpha value is -3.45. The van der Waals surface area contributed by atoms with Gasteiger partial charge >= 0.3 is 0 Å². The van der Waals surface area contributed by atoms with Crippen LogP contribution in [0.15, 0.2) is 65.5 Å². The zero-order valence-electron chi connectivity index (χ0n) is 16.0. The molecule has 29 heavy (non-hydrogen) atoms. The molecule has 1 aliphatic heterocycles. The first kappa shape index (κ1) is 17.6.